The molecule has 0 unspecified atom stereocenters. The first-order valence-electron chi connectivity index (χ1n) is 9.81. The van der Waals surface area contributed by atoms with Crippen LogP contribution in [0.25, 0.3) is 0 Å². The first kappa shape index (κ1) is 22.6. The third-order valence-corrected chi connectivity index (χ3v) is 4.41. The van der Waals surface area contributed by atoms with Gasteiger partial charge in [-0.2, -0.15) is 0 Å². The summed E-state index contributed by atoms with van der Waals surface area (Å²) in [7, 11) is 0. The Morgan fingerprint density at radius 3 is 2.15 bits per heavy atom. The molecule has 1 aliphatic heterocycles. The monoisotopic (exact) mass is 366 g/mol. The standard InChI is InChI=1S/C10H13N.C9H12.C5H9NO/c1-4-11-10-7-8(2)5-6-9(10)3;1-3-9-6-4-5-8(2)7-9;7-5-6-3-1-2-4-6/h4-7H,1-3H3;4-7H,3H2,1-2H3;5H,1-4H2. The number of nitrogens with zero attached hydrogens (tertiary/aromatic N) is 2. The van der Waals surface area contributed by atoms with Crippen molar-refractivity contribution >= 4 is 18.3 Å². The van der Waals surface area contributed by atoms with E-state index in [0.29, 0.717) is 0 Å². The molecule has 146 valence electrons. The molecule has 27 heavy (non-hydrogen) atoms. The molecule has 0 bridgehead atoms. The summed E-state index contributed by atoms with van der Waals surface area (Å²) in [6.45, 7) is 12.3. The van der Waals surface area contributed by atoms with Gasteiger partial charge >= 0.3 is 0 Å². The molecule has 0 aromatic heterocycles. The highest BCUT2D eigenvalue weighted by atomic mass is 16.1. The summed E-state index contributed by atoms with van der Waals surface area (Å²) < 4.78 is 0. The lowest BCUT2D eigenvalue weighted by molar-refractivity contribution is -0.117. The molecule has 1 saturated heterocycles. The number of hydrogen-bond donors (Lipinski definition) is 0. The molecule has 1 aliphatic rings. The number of aryl methyl sites for hydroxylation is 4. The highest BCUT2D eigenvalue weighted by Crippen LogP contribution is 2.18. The second-order valence-electron chi connectivity index (χ2n) is 6.87. The topological polar surface area (TPSA) is 32.7 Å². The van der Waals surface area contributed by atoms with Gasteiger partial charge in [-0.05, 0) is 69.7 Å². The largest absolute Gasteiger partial charge is 0.345 e. The van der Waals surface area contributed by atoms with Gasteiger partial charge in [0.1, 0.15) is 0 Å². The fourth-order valence-corrected chi connectivity index (χ4v) is 2.78. The Hall–Kier alpha value is -2.42. The molecule has 0 N–H and O–H groups in total. The van der Waals surface area contributed by atoms with E-state index in [1.807, 2.05) is 13.1 Å². The van der Waals surface area contributed by atoms with E-state index < -0.39 is 0 Å². The molecule has 0 saturated carbocycles. The third-order valence-electron chi connectivity index (χ3n) is 4.41. The van der Waals surface area contributed by atoms with Crippen molar-refractivity contribution in [2.75, 3.05) is 13.1 Å². The molecular formula is C24H34N2O. The van der Waals surface area contributed by atoms with Crippen LogP contribution in [0.3, 0.4) is 0 Å². The molecule has 1 amide bonds. The molecule has 3 nitrogen and oxygen atoms in total. The van der Waals surface area contributed by atoms with Crippen LogP contribution in [0, 0.1) is 20.8 Å². The summed E-state index contributed by atoms with van der Waals surface area (Å²) >= 11 is 0. The van der Waals surface area contributed by atoms with E-state index in [4.69, 9.17) is 0 Å². The van der Waals surface area contributed by atoms with Gasteiger partial charge < -0.3 is 4.90 Å². The third kappa shape index (κ3) is 9.18. The number of aliphatic imine (C=N–C) groups is 1. The van der Waals surface area contributed by atoms with Gasteiger partial charge in [-0.3, -0.25) is 9.79 Å². The predicted octanol–water partition coefficient (Wildman–Crippen LogP) is 5.82. The van der Waals surface area contributed by atoms with Gasteiger partial charge in [0.05, 0.1) is 5.69 Å². The maximum atomic E-state index is 9.93. The highest BCUT2D eigenvalue weighted by molar-refractivity contribution is 5.62. The quantitative estimate of drug-likeness (QED) is 0.497. The Morgan fingerprint density at radius 2 is 1.67 bits per heavy atom. The molecule has 1 fully saturated rings. The number of carbonyl (C=O) groups is 1. The van der Waals surface area contributed by atoms with Gasteiger partial charge in [0, 0.05) is 19.3 Å². The Bertz CT molecular complexity index is 716. The molecule has 3 heteroatoms. The van der Waals surface area contributed by atoms with E-state index >= 15 is 0 Å². The van der Waals surface area contributed by atoms with Crippen molar-refractivity contribution in [1.82, 2.24) is 4.90 Å². The zero-order chi connectivity index (χ0) is 20.1. The van der Waals surface area contributed by atoms with E-state index in [1.165, 1.54) is 35.1 Å². The number of carbonyl (C=O) groups excluding carboxylic acids is 1. The second kappa shape index (κ2) is 12.9. The average molecular weight is 367 g/mol. The van der Waals surface area contributed by atoms with E-state index in [9.17, 15) is 4.79 Å². The summed E-state index contributed by atoms with van der Waals surface area (Å²) in [5.41, 5.74) is 6.35. The number of likely N-dealkylation sites (tertiary alicyclic amines) is 1. The molecule has 1 heterocycles. The Kier molecular flexibility index (Phi) is 10.8. The fraction of sp³-hybridized carbons (Fsp3) is 0.417. The lowest BCUT2D eigenvalue weighted by Crippen LogP contribution is -2.15. The summed E-state index contributed by atoms with van der Waals surface area (Å²) in [5, 5.41) is 0. The second-order valence-corrected chi connectivity index (χ2v) is 6.87. The molecule has 0 spiro atoms. The first-order valence-corrected chi connectivity index (χ1v) is 9.81. The van der Waals surface area contributed by atoms with Crippen LogP contribution in [0.1, 0.15) is 48.9 Å². The molecule has 2 aromatic rings. The van der Waals surface area contributed by atoms with Crippen LogP contribution in [0.5, 0.6) is 0 Å². The van der Waals surface area contributed by atoms with Crippen LogP contribution in [0.2, 0.25) is 0 Å². The molecule has 2 aromatic carbocycles. The zero-order valence-electron chi connectivity index (χ0n) is 17.5. The Labute approximate surface area is 165 Å². The van der Waals surface area contributed by atoms with Crippen LogP contribution < -0.4 is 0 Å². The molecule has 0 aliphatic carbocycles. The van der Waals surface area contributed by atoms with Crippen LogP contribution in [-0.4, -0.2) is 30.6 Å². The van der Waals surface area contributed by atoms with Gasteiger partial charge in [0.2, 0.25) is 6.41 Å². The maximum absolute atomic E-state index is 9.93. The Morgan fingerprint density at radius 1 is 1.00 bits per heavy atom. The highest BCUT2D eigenvalue weighted by Gasteiger charge is 2.06. The maximum Gasteiger partial charge on any atom is 0.209 e. The van der Waals surface area contributed by atoms with Crippen molar-refractivity contribution in [2.24, 2.45) is 4.99 Å². The van der Waals surface area contributed by atoms with Crippen molar-refractivity contribution in [1.29, 1.82) is 0 Å². The summed E-state index contributed by atoms with van der Waals surface area (Å²) in [5.74, 6) is 0. The van der Waals surface area contributed by atoms with Gasteiger partial charge in [-0.15, -0.1) is 0 Å². The predicted molar refractivity (Wildman–Crippen MR) is 117 cm³/mol. The van der Waals surface area contributed by atoms with Gasteiger partial charge in [0.25, 0.3) is 0 Å². The first-order chi connectivity index (χ1) is 13.0. The van der Waals surface area contributed by atoms with Crippen molar-refractivity contribution in [3.8, 4) is 0 Å². The number of rotatable bonds is 3. The fourth-order valence-electron chi connectivity index (χ4n) is 2.78. The minimum atomic E-state index is 0.924. The van der Waals surface area contributed by atoms with Crippen LogP contribution >= 0.6 is 0 Å². The van der Waals surface area contributed by atoms with Crippen molar-refractivity contribution in [2.45, 2.75) is 53.9 Å². The summed E-state index contributed by atoms with van der Waals surface area (Å²) in [6, 6.07) is 14.9. The van der Waals surface area contributed by atoms with Crippen LogP contribution in [0.4, 0.5) is 5.69 Å². The van der Waals surface area contributed by atoms with E-state index in [2.05, 4.69) is 75.2 Å². The number of hydrogen-bond acceptors (Lipinski definition) is 2. The SMILES string of the molecule is CC=Nc1cc(C)ccc1C.CCc1cccc(C)c1.O=CN1CCCC1. The molecular weight excluding hydrogens is 332 g/mol. The van der Waals surface area contributed by atoms with Gasteiger partial charge in [-0.1, -0.05) is 48.9 Å². The van der Waals surface area contributed by atoms with Gasteiger partial charge in [-0.25, -0.2) is 0 Å². The summed E-state index contributed by atoms with van der Waals surface area (Å²) in [4.78, 5) is 16.0. The lowest BCUT2D eigenvalue weighted by Gasteiger charge is -2.03. The zero-order valence-corrected chi connectivity index (χ0v) is 17.5. The number of benzene rings is 2. The van der Waals surface area contributed by atoms with E-state index in [1.54, 1.807) is 4.90 Å². The van der Waals surface area contributed by atoms with Crippen LogP contribution in [0.15, 0.2) is 47.5 Å². The van der Waals surface area contributed by atoms with E-state index in [-0.39, 0.29) is 0 Å². The smallest absolute Gasteiger partial charge is 0.209 e. The average Bonchev–Trinajstić information content (AvgIpc) is 3.20. The minimum Gasteiger partial charge on any atom is -0.345 e. The molecule has 3 rings (SSSR count). The molecule has 0 atom stereocenters. The lowest BCUT2D eigenvalue weighted by atomic mass is 10.1. The minimum absolute atomic E-state index is 0.924. The van der Waals surface area contributed by atoms with Crippen LogP contribution in [-0.2, 0) is 11.2 Å². The van der Waals surface area contributed by atoms with Crippen molar-refractivity contribution in [3.05, 3.63) is 64.7 Å². The normalized spacial score (nSPS) is 12.9. The van der Waals surface area contributed by atoms with Gasteiger partial charge in [0.15, 0.2) is 0 Å². The van der Waals surface area contributed by atoms with Crippen molar-refractivity contribution < 1.29 is 4.79 Å². The number of amides is 1. The molecule has 0 radical (unpaired) electrons. The Balaban J connectivity index is 0.000000208. The summed E-state index contributed by atoms with van der Waals surface area (Å²) in [6.07, 6.45) is 6.27. The van der Waals surface area contributed by atoms with E-state index in [0.717, 1.165) is 31.6 Å². The van der Waals surface area contributed by atoms with Crippen molar-refractivity contribution in [3.63, 3.8) is 0 Å².